The van der Waals surface area contributed by atoms with Gasteiger partial charge in [-0.25, -0.2) is 14.8 Å². The molecule has 0 aliphatic carbocycles. The molecular formula is C61H45N3O2. The van der Waals surface area contributed by atoms with Gasteiger partial charge in [0.25, 0.3) is 0 Å². The van der Waals surface area contributed by atoms with Gasteiger partial charge in [-0.2, -0.15) is 0 Å². The van der Waals surface area contributed by atoms with Gasteiger partial charge >= 0.3 is 5.97 Å². The number of esters is 1. The zero-order chi connectivity index (χ0) is 44.2. The Bertz CT molecular complexity index is 3250. The highest BCUT2D eigenvalue weighted by Crippen LogP contribution is 2.41. The monoisotopic (exact) mass is 851 g/mol. The fraction of sp³-hybridized carbons (Fsp3) is 0.0656. The van der Waals surface area contributed by atoms with Gasteiger partial charge in [0.15, 0.2) is 0 Å². The predicted octanol–water partition coefficient (Wildman–Crippen LogP) is 14.8. The van der Waals surface area contributed by atoms with Gasteiger partial charge in [0, 0.05) is 40.2 Å². The molecule has 10 aromatic rings. The molecule has 316 valence electrons. The summed E-state index contributed by atoms with van der Waals surface area (Å²) in [6, 6.07) is 74.7. The van der Waals surface area contributed by atoms with E-state index >= 15 is 0 Å². The second-order valence-electron chi connectivity index (χ2n) is 16.8. The lowest BCUT2D eigenvalue weighted by molar-refractivity contribution is -0.139. The molecule has 3 heterocycles. The number of rotatable bonds is 10. The summed E-state index contributed by atoms with van der Waals surface area (Å²) in [5.41, 5.74) is 18.8. The molecule has 1 saturated heterocycles. The Labute approximate surface area is 384 Å². The second-order valence-corrected chi connectivity index (χ2v) is 16.8. The first-order valence-electron chi connectivity index (χ1n) is 22.6. The molecule has 1 aliphatic rings. The molecule has 1 aliphatic heterocycles. The molecule has 0 unspecified atom stereocenters. The SMILES string of the molecule is O=C(C=C1CCCN1)OCc1ccccc1-c1cc(-c2ccccc2-c2ccc(-c3ccc4ccccc4n3)cc2)cc(-c2ccccc2-c2ccc(-c3ccc4ccccc4n3)cc2)c1. The molecule has 5 nitrogen and oxygen atoms in total. The molecular weight excluding hydrogens is 807 g/mol. The Hall–Kier alpha value is -8.41. The Morgan fingerprint density at radius 1 is 0.455 bits per heavy atom. The summed E-state index contributed by atoms with van der Waals surface area (Å²) in [5, 5.41) is 5.54. The highest BCUT2D eigenvalue weighted by atomic mass is 16.5. The van der Waals surface area contributed by atoms with Gasteiger partial charge in [-0.15, -0.1) is 0 Å². The number of fused-ring (bicyclic) bond motifs is 2. The lowest BCUT2D eigenvalue weighted by Gasteiger charge is -2.18. The van der Waals surface area contributed by atoms with Gasteiger partial charge in [0.05, 0.1) is 22.4 Å². The molecule has 5 heteroatoms. The Morgan fingerprint density at radius 2 is 0.879 bits per heavy atom. The summed E-state index contributed by atoms with van der Waals surface area (Å²) in [6.45, 7) is 1.04. The van der Waals surface area contributed by atoms with Gasteiger partial charge in [0.2, 0.25) is 0 Å². The molecule has 66 heavy (non-hydrogen) atoms. The Balaban J connectivity index is 0.995. The lowest BCUT2D eigenvalue weighted by Crippen LogP contribution is -2.08. The quantitative estimate of drug-likeness (QED) is 0.110. The molecule has 0 bridgehead atoms. The van der Waals surface area contributed by atoms with Crippen molar-refractivity contribution >= 4 is 27.8 Å². The van der Waals surface area contributed by atoms with Crippen molar-refractivity contribution in [3.63, 3.8) is 0 Å². The van der Waals surface area contributed by atoms with E-state index in [-0.39, 0.29) is 12.6 Å². The molecule has 0 atom stereocenters. The third kappa shape index (κ3) is 8.38. The number of carbonyl (C=O) groups is 1. The number of allylic oxidation sites excluding steroid dienone is 1. The van der Waals surface area contributed by atoms with Gasteiger partial charge in [-0.05, 0) is 117 Å². The van der Waals surface area contributed by atoms with E-state index in [0.29, 0.717) is 0 Å². The van der Waals surface area contributed by atoms with Crippen LogP contribution in [0.5, 0.6) is 0 Å². The summed E-state index contributed by atoms with van der Waals surface area (Å²) < 4.78 is 5.90. The number of carbonyl (C=O) groups excluding carboxylic acids is 1. The molecule has 1 N–H and O–H groups in total. The number of pyridine rings is 2. The molecule has 0 saturated carbocycles. The van der Waals surface area contributed by atoms with Crippen LogP contribution in [-0.2, 0) is 16.1 Å². The summed E-state index contributed by atoms with van der Waals surface area (Å²) in [4.78, 5) is 22.9. The van der Waals surface area contributed by atoms with Crippen LogP contribution in [0, 0.1) is 0 Å². The summed E-state index contributed by atoms with van der Waals surface area (Å²) >= 11 is 0. The third-order valence-electron chi connectivity index (χ3n) is 12.6. The maximum absolute atomic E-state index is 13.0. The van der Waals surface area contributed by atoms with Crippen molar-refractivity contribution in [2.75, 3.05) is 6.54 Å². The number of hydrogen-bond acceptors (Lipinski definition) is 5. The average molecular weight is 852 g/mol. The number of benzene rings is 8. The molecule has 0 radical (unpaired) electrons. The van der Waals surface area contributed by atoms with Crippen molar-refractivity contribution in [3.05, 3.63) is 230 Å². The average Bonchev–Trinajstić information content (AvgIpc) is 3.91. The Morgan fingerprint density at radius 3 is 1.38 bits per heavy atom. The van der Waals surface area contributed by atoms with Crippen LogP contribution in [0.1, 0.15) is 18.4 Å². The standard InChI is InChI=1S/C61H45N3O2/c65-61(39-51-15-11-35-62-51)66-40-47-14-1-4-16-52(47)48-36-49(55-19-7-5-17-53(55)41-23-27-45(28-24-41)59-33-31-43-12-2-9-21-57(43)63-59)38-50(37-48)56-20-8-6-18-54(56)42-25-29-46(30-26-42)60-34-32-44-13-3-10-22-58(44)64-60/h1-10,12-14,16-34,36-39,62H,11,15,35,40H2. The van der Waals surface area contributed by atoms with E-state index in [9.17, 15) is 4.79 Å². The summed E-state index contributed by atoms with van der Waals surface area (Å²) in [7, 11) is 0. The van der Waals surface area contributed by atoms with Crippen molar-refractivity contribution in [2.24, 2.45) is 0 Å². The van der Waals surface area contributed by atoms with Gasteiger partial charge in [-0.3, -0.25) is 0 Å². The Kier molecular flexibility index (Phi) is 11.0. The number of hydrogen-bond donors (Lipinski definition) is 1. The third-order valence-corrected chi connectivity index (χ3v) is 12.6. The van der Waals surface area contributed by atoms with E-state index in [4.69, 9.17) is 14.7 Å². The van der Waals surface area contributed by atoms with E-state index < -0.39 is 0 Å². The summed E-state index contributed by atoms with van der Waals surface area (Å²) in [6.07, 6.45) is 3.48. The van der Waals surface area contributed by atoms with E-state index in [0.717, 1.165) is 131 Å². The van der Waals surface area contributed by atoms with Crippen molar-refractivity contribution < 1.29 is 9.53 Å². The molecule has 8 aromatic carbocycles. The number of aromatic nitrogens is 2. The van der Waals surface area contributed by atoms with Crippen LogP contribution in [0.15, 0.2) is 224 Å². The predicted molar refractivity (Wildman–Crippen MR) is 270 cm³/mol. The van der Waals surface area contributed by atoms with Crippen LogP contribution in [-0.4, -0.2) is 22.5 Å². The number of nitrogens with one attached hydrogen (secondary N) is 1. The normalized spacial score (nSPS) is 12.9. The minimum atomic E-state index is -0.337. The van der Waals surface area contributed by atoms with E-state index in [1.165, 1.54) is 0 Å². The van der Waals surface area contributed by atoms with Crippen molar-refractivity contribution in [3.8, 4) is 78.1 Å². The van der Waals surface area contributed by atoms with E-state index in [1.54, 1.807) is 6.08 Å². The molecule has 0 spiro atoms. The molecule has 1 fully saturated rings. The first-order valence-corrected chi connectivity index (χ1v) is 22.6. The minimum absolute atomic E-state index is 0.155. The number of nitrogens with zero attached hydrogens (tertiary/aromatic N) is 2. The first-order chi connectivity index (χ1) is 32.6. The fourth-order valence-corrected chi connectivity index (χ4v) is 9.16. The lowest BCUT2D eigenvalue weighted by atomic mass is 9.87. The number of para-hydroxylation sites is 2. The van der Waals surface area contributed by atoms with Crippen molar-refractivity contribution in [1.82, 2.24) is 15.3 Å². The van der Waals surface area contributed by atoms with Crippen LogP contribution >= 0.6 is 0 Å². The zero-order valence-corrected chi connectivity index (χ0v) is 36.3. The second kappa shape index (κ2) is 18.0. The highest BCUT2D eigenvalue weighted by Gasteiger charge is 2.17. The largest absolute Gasteiger partial charge is 0.458 e. The topological polar surface area (TPSA) is 64.1 Å². The van der Waals surface area contributed by atoms with Gasteiger partial charge in [-0.1, -0.05) is 170 Å². The van der Waals surface area contributed by atoms with Crippen molar-refractivity contribution in [2.45, 2.75) is 19.4 Å². The molecule has 0 amide bonds. The minimum Gasteiger partial charge on any atom is -0.458 e. The van der Waals surface area contributed by atoms with Crippen LogP contribution in [0.3, 0.4) is 0 Å². The maximum atomic E-state index is 13.0. The molecule has 2 aromatic heterocycles. The van der Waals surface area contributed by atoms with Crippen molar-refractivity contribution in [1.29, 1.82) is 0 Å². The highest BCUT2D eigenvalue weighted by molar-refractivity contribution is 5.93. The van der Waals surface area contributed by atoms with Crippen LogP contribution in [0.25, 0.3) is 100.0 Å². The van der Waals surface area contributed by atoms with E-state index in [2.05, 4.69) is 187 Å². The maximum Gasteiger partial charge on any atom is 0.332 e. The number of ether oxygens (including phenoxy) is 1. The van der Waals surface area contributed by atoms with Gasteiger partial charge < -0.3 is 10.1 Å². The van der Waals surface area contributed by atoms with Crippen LogP contribution in [0.2, 0.25) is 0 Å². The van der Waals surface area contributed by atoms with Gasteiger partial charge in [0.1, 0.15) is 6.61 Å². The van der Waals surface area contributed by atoms with Crippen LogP contribution < -0.4 is 5.32 Å². The van der Waals surface area contributed by atoms with E-state index in [1.807, 2.05) is 30.3 Å². The molecule has 11 rings (SSSR count). The summed E-state index contributed by atoms with van der Waals surface area (Å²) in [5.74, 6) is -0.337. The smallest absolute Gasteiger partial charge is 0.332 e. The first kappa shape index (κ1) is 40.4. The zero-order valence-electron chi connectivity index (χ0n) is 36.3. The fourth-order valence-electron chi connectivity index (χ4n) is 9.16. The van der Waals surface area contributed by atoms with Crippen LogP contribution in [0.4, 0.5) is 0 Å².